The molecular weight excluding hydrogens is 426 g/mol. The Morgan fingerprint density at radius 2 is 1.82 bits per heavy atom. The first-order chi connectivity index (χ1) is 13.3. The van der Waals surface area contributed by atoms with Crippen LogP contribution < -0.4 is 4.74 Å². The predicted octanol–water partition coefficient (Wildman–Crippen LogP) is 5.11. The SMILES string of the molecule is O=S(=O)(CCC[C@@H](S)C[C@@H]1COc2c(F)ccc(F)c2C1)c1ccc(Cl)cc1. The average Bonchev–Trinajstić information content (AvgIpc) is 2.65. The maximum atomic E-state index is 13.9. The fourth-order valence-corrected chi connectivity index (χ4v) is 5.33. The van der Waals surface area contributed by atoms with Crippen molar-refractivity contribution in [2.75, 3.05) is 12.4 Å². The summed E-state index contributed by atoms with van der Waals surface area (Å²) in [4.78, 5) is 0.252. The first kappa shape index (κ1) is 21.4. The van der Waals surface area contributed by atoms with Crippen LogP contribution in [0, 0.1) is 17.6 Å². The molecule has 1 aliphatic heterocycles. The molecule has 0 fully saturated rings. The Kier molecular flexibility index (Phi) is 6.89. The fraction of sp³-hybridized carbons (Fsp3) is 0.400. The van der Waals surface area contributed by atoms with Crippen LogP contribution in [0.2, 0.25) is 5.02 Å². The molecule has 3 nitrogen and oxygen atoms in total. The molecule has 2 aromatic carbocycles. The molecule has 28 heavy (non-hydrogen) atoms. The van der Waals surface area contributed by atoms with Crippen molar-refractivity contribution in [2.24, 2.45) is 5.92 Å². The largest absolute Gasteiger partial charge is 0.490 e. The lowest BCUT2D eigenvalue weighted by atomic mass is 9.91. The zero-order valence-electron chi connectivity index (χ0n) is 15.1. The Hall–Kier alpha value is -1.31. The molecule has 0 amide bonds. The van der Waals surface area contributed by atoms with E-state index < -0.39 is 21.5 Å². The average molecular weight is 447 g/mol. The van der Waals surface area contributed by atoms with Crippen molar-refractivity contribution in [3.05, 3.63) is 58.6 Å². The summed E-state index contributed by atoms with van der Waals surface area (Å²) in [7, 11) is -3.36. The summed E-state index contributed by atoms with van der Waals surface area (Å²) < 4.78 is 57.8. The summed E-state index contributed by atoms with van der Waals surface area (Å²) in [5, 5.41) is 0.439. The normalized spacial score (nSPS) is 17.6. The molecule has 1 aliphatic rings. The number of ether oxygens (including phenoxy) is 1. The second kappa shape index (κ2) is 9.01. The van der Waals surface area contributed by atoms with Crippen LogP contribution in [0.5, 0.6) is 5.75 Å². The number of sulfone groups is 1. The second-order valence-electron chi connectivity index (χ2n) is 7.02. The molecule has 3 rings (SSSR count). The van der Waals surface area contributed by atoms with Crippen LogP contribution in [0.1, 0.15) is 24.8 Å². The molecule has 152 valence electrons. The Morgan fingerprint density at radius 3 is 2.54 bits per heavy atom. The first-order valence-electron chi connectivity index (χ1n) is 9.02. The van der Waals surface area contributed by atoms with E-state index in [4.69, 9.17) is 16.3 Å². The van der Waals surface area contributed by atoms with Crippen molar-refractivity contribution in [1.82, 2.24) is 0 Å². The highest BCUT2D eigenvalue weighted by Crippen LogP contribution is 2.34. The molecule has 0 spiro atoms. The summed E-state index contributed by atoms with van der Waals surface area (Å²) in [5.41, 5.74) is 0.266. The van der Waals surface area contributed by atoms with Crippen LogP contribution in [-0.2, 0) is 16.3 Å². The minimum absolute atomic E-state index is 0.000946. The van der Waals surface area contributed by atoms with Gasteiger partial charge in [0, 0.05) is 15.8 Å². The molecule has 0 unspecified atom stereocenters. The molecule has 0 aliphatic carbocycles. The summed E-state index contributed by atoms with van der Waals surface area (Å²) in [5.74, 6) is -0.981. The molecule has 0 radical (unpaired) electrons. The van der Waals surface area contributed by atoms with E-state index in [1.54, 1.807) is 12.1 Å². The number of hydrogen-bond donors (Lipinski definition) is 1. The van der Waals surface area contributed by atoms with Gasteiger partial charge < -0.3 is 4.74 Å². The van der Waals surface area contributed by atoms with E-state index in [1.807, 2.05) is 0 Å². The number of halogens is 3. The van der Waals surface area contributed by atoms with E-state index >= 15 is 0 Å². The van der Waals surface area contributed by atoms with E-state index in [0.717, 1.165) is 12.1 Å². The van der Waals surface area contributed by atoms with Crippen LogP contribution in [0.4, 0.5) is 8.78 Å². The third kappa shape index (κ3) is 5.19. The monoisotopic (exact) mass is 446 g/mol. The highest BCUT2D eigenvalue weighted by atomic mass is 35.5. The second-order valence-corrected chi connectivity index (χ2v) is 10.3. The summed E-state index contributed by atoms with van der Waals surface area (Å²) >= 11 is 10.3. The van der Waals surface area contributed by atoms with Crippen molar-refractivity contribution in [3.8, 4) is 5.75 Å². The van der Waals surface area contributed by atoms with E-state index in [0.29, 0.717) is 37.3 Å². The number of rotatable bonds is 7. The zero-order chi connectivity index (χ0) is 20.3. The fourth-order valence-electron chi connectivity index (χ4n) is 3.39. The van der Waals surface area contributed by atoms with Crippen molar-refractivity contribution >= 4 is 34.1 Å². The van der Waals surface area contributed by atoms with Gasteiger partial charge in [0.15, 0.2) is 21.4 Å². The number of benzene rings is 2. The maximum Gasteiger partial charge on any atom is 0.178 e. The summed E-state index contributed by atoms with van der Waals surface area (Å²) in [6.07, 6.45) is 2.09. The van der Waals surface area contributed by atoms with Gasteiger partial charge in [-0.15, -0.1) is 0 Å². The van der Waals surface area contributed by atoms with Crippen molar-refractivity contribution < 1.29 is 21.9 Å². The van der Waals surface area contributed by atoms with Crippen molar-refractivity contribution in [1.29, 1.82) is 0 Å². The van der Waals surface area contributed by atoms with Gasteiger partial charge in [-0.3, -0.25) is 0 Å². The Labute approximate surface area is 174 Å². The van der Waals surface area contributed by atoms with Gasteiger partial charge in [-0.25, -0.2) is 17.2 Å². The van der Waals surface area contributed by atoms with E-state index in [-0.39, 0.29) is 33.1 Å². The summed E-state index contributed by atoms with van der Waals surface area (Å²) in [6.45, 7) is 0.299. The van der Waals surface area contributed by atoms with E-state index in [9.17, 15) is 17.2 Å². The molecule has 2 aromatic rings. The number of hydrogen-bond acceptors (Lipinski definition) is 4. The van der Waals surface area contributed by atoms with Gasteiger partial charge in [0.1, 0.15) is 5.82 Å². The minimum Gasteiger partial charge on any atom is -0.490 e. The Bertz CT molecular complexity index is 933. The number of fused-ring (bicyclic) bond motifs is 1. The third-order valence-corrected chi connectivity index (χ3v) is 7.38. The standard InChI is InChI=1S/C20H21ClF2O3S2/c21-14-3-5-16(6-4-14)28(24,25)9-1-2-15(27)10-13-11-17-18(22)7-8-19(23)20(17)26-12-13/h3-8,13,15,27H,1-2,9-12H2/t13-,15+/m0/s1. The van der Waals surface area contributed by atoms with Crippen molar-refractivity contribution in [2.45, 2.75) is 35.8 Å². The minimum atomic E-state index is -3.36. The van der Waals surface area contributed by atoms with E-state index in [1.165, 1.54) is 12.1 Å². The van der Waals surface area contributed by atoms with Gasteiger partial charge in [0.2, 0.25) is 0 Å². The lowest BCUT2D eigenvalue weighted by molar-refractivity contribution is 0.200. The molecule has 1 heterocycles. The molecule has 2 atom stereocenters. The van der Waals surface area contributed by atoms with Crippen LogP contribution in [0.3, 0.4) is 0 Å². The summed E-state index contributed by atoms with van der Waals surface area (Å²) in [6, 6.07) is 8.29. The van der Waals surface area contributed by atoms with Crippen LogP contribution in [0.25, 0.3) is 0 Å². The topological polar surface area (TPSA) is 43.4 Å². The van der Waals surface area contributed by atoms with E-state index in [2.05, 4.69) is 12.6 Å². The lowest BCUT2D eigenvalue weighted by Crippen LogP contribution is -2.25. The van der Waals surface area contributed by atoms with Gasteiger partial charge in [0.25, 0.3) is 0 Å². The first-order valence-corrected chi connectivity index (χ1v) is 11.6. The molecule has 0 saturated carbocycles. The van der Waals surface area contributed by atoms with Crippen molar-refractivity contribution in [3.63, 3.8) is 0 Å². The Balaban J connectivity index is 1.50. The Morgan fingerprint density at radius 1 is 1.14 bits per heavy atom. The van der Waals surface area contributed by atoms with Gasteiger partial charge in [0.05, 0.1) is 17.3 Å². The van der Waals surface area contributed by atoms with Gasteiger partial charge in [-0.05, 0) is 68.0 Å². The van der Waals surface area contributed by atoms with Crippen LogP contribution in [0.15, 0.2) is 41.3 Å². The van der Waals surface area contributed by atoms with Crippen LogP contribution >= 0.6 is 24.2 Å². The maximum absolute atomic E-state index is 13.9. The molecule has 0 N–H and O–H groups in total. The van der Waals surface area contributed by atoms with Crippen LogP contribution in [-0.4, -0.2) is 26.0 Å². The molecule has 0 bridgehead atoms. The third-order valence-electron chi connectivity index (χ3n) is 4.84. The highest BCUT2D eigenvalue weighted by Gasteiger charge is 2.27. The smallest absolute Gasteiger partial charge is 0.178 e. The van der Waals surface area contributed by atoms with Gasteiger partial charge in [-0.2, -0.15) is 12.6 Å². The molecule has 0 saturated heterocycles. The molecule has 8 heteroatoms. The molecule has 0 aromatic heterocycles. The highest BCUT2D eigenvalue weighted by molar-refractivity contribution is 7.91. The van der Waals surface area contributed by atoms with Gasteiger partial charge >= 0.3 is 0 Å². The predicted molar refractivity (Wildman–Crippen MR) is 109 cm³/mol. The van der Waals surface area contributed by atoms with Gasteiger partial charge in [-0.1, -0.05) is 11.6 Å². The lowest BCUT2D eigenvalue weighted by Gasteiger charge is -2.27. The molecular formula is C20H21ClF2O3S2. The quantitative estimate of drug-likeness (QED) is 0.601. The number of thiol groups is 1. The zero-order valence-corrected chi connectivity index (χ0v) is 17.5.